The van der Waals surface area contributed by atoms with Crippen molar-refractivity contribution in [2.45, 2.75) is 290 Å². The molecular formula is C91H198N16. The number of hydrogen-bond donors (Lipinski definition) is 1. The number of piperazine rings is 1. The molecule has 642 valence electrons. The Hall–Kier alpha value is -0.640. The number of nitrogens with one attached hydrogen (secondary N) is 1. The minimum atomic E-state index is 1.17. The Bertz CT molecular complexity index is 1500. The van der Waals surface area contributed by atoms with Crippen LogP contribution in [0.2, 0.25) is 0 Å². The van der Waals surface area contributed by atoms with E-state index in [2.05, 4.69) is 183 Å². The molecule has 13 rings (SSSR count). The van der Waals surface area contributed by atoms with Crippen molar-refractivity contribution < 1.29 is 0 Å². The van der Waals surface area contributed by atoms with Gasteiger partial charge >= 0.3 is 0 Å². The second-order valence-corrected chi connectivity index (χ2v) is 32.5. The smallest absolute Gasteiger partial charge is 0.0110 e. The standard InChI is InChI=1S/C9H20N2.C8H18N2.3C8H17N.C7H16N2.4C7H15N.C6H13N.C5H11N.C4H9N/c1-3-10-6-5-7-11(4-2)9-8-10;1-3-9-5-7-10(4-2)8-6-9;3*1-2-9-7-5-3-4-6-8-9;1-2-9-6-3-4-8-5-7-9;4*1-2-8-6-4-3-5-7-8;1-2-7-5-3-4-6-7;1-2-6-4-3-5-6;1-2-5-3-4-5/h3-9H2,1-2H3;3-8H2,1-2H3;3*2-8H2,1H3;8H,2-7H2,1H3;4*2-7H2,1H3;2-6H2,1H3;2-5H2,1H3;2-4H2,1H3. The molecule has 0 radical (unpaired) electrons. The van der Waals surface area contributed by atoms with E-state index in [0.717, 1.165) is 0 Å². The number of likely N-dealkylation sites (N-methyl/N-ethyl adjacent to an activating group) is 6. The first-order chi connectivity index (χ1) is 52.5. The number of hydrogen-bond acceptors (Lipinski definition) is 16. The summed E-state index contributed by atoms with van der Waals surface area (Å²) >= 11 is 0. The van der Waals surface area contributed by atoms with Crippen LogP contribution in [0.15, 0.2) is 0 Å². The van der Waals surface area contributed by atoms with Gasteiger partial charge in [0.25, 0.3) is 0 Å². The Kier molecular flexibility index (Phi) is 76.0. The summed E-state index contributed by atoms with van der Waals surface area (Å²) in [5.41, 5.74) is 0. The van der Waals surface area contributed by atoms with E-state index < -0.39 is 0 Å². The normalized spacial score (nSPS) is 23.6. The van der Waals surface area contributed by atoms with Crippen LogP contribution in [0.1, 0.15) is 290 Å². The predicted molar refractivity (Wildman–Crippen MR) is 478 cm³/mol. The minimum absolute atomic E-state index is 1.17. The monoisotopic (exact) mass is 1520 g/mol. The lowest BCUT2D eigenvalue weighted by Crippen LogP contribution is -2.45. The van der Waals surface area contributed by atoms with E-state index in [0.29, 0.717) is 0 Å². The van der Waals surface area contributed by atoms with Crippen LogP contribution in [0.5, 0.6) is 0 Å². The number of piperidine rings is 4. The summed E-state index contributed by atoms with van der Waals surface area (Å²) in [5.74, 6) is 0. The first-order valence-electron chi connectivity index (χ1n) is 48.0. The molecule has 0 aliphatic carbocycles. The molecule has 0 spiro atoms. The Morgan fingerprint density at radius 2 is 0.224 bits per heavy atom. The molecule has 13 aliphatic rings. The van der Waals surface area contributed by atoms with E-state index in [1.165, 1.54) is 494 Å². The highest BCUT2D eigenvalue weighted by molar-refractivity contribution is 4.73. The Balaban J connectivity index is 0.000000581. The zero-order chi connectivity index (χ0) is 78.1. The molecule has 13 fully saturated rings. The van der Waals surface area contributed by atoms with Gasteiger partial charge in [0.2, 0.25) is 0 Å². The van der Waals surface area contributed by atoms with Crippen molar-refractivity contribution >= 4 is 0 Å². The molecule has 13 saturated heterocycles. The number of likely N-dealkylation sites (tertiary alicyclic amines) is 9. The van der Waals surface area contributed by atoms with Crippen LogP contribution in [0.4, 0.5) is 0 Å². The van der Waals surface area contributed by atoms with Gasteiger partial charge in [-0.2, -0.15) is 0 Å². The van der Waals surface area contributed by atoms with Crippen LogP contribution in [0, 0.1) is 0 Å². The van der Waals surface area contributed by atoms with Gasteiger partial charge in [0.15, 0.2) is 0 Å². The van der Waals surface area contributed by atoms with Gasteiger partial charge in [0.1, 0.15) is 0 Å². The molecule has 13 aliphatic heterocycles. The zero-order valence-electron chi connectivity index (χ0n) is 75.9. The van der Waals surface area contributed by atoms with Gasteiger partial charge in [-0.25, -0.2) is 0 Å². The van der Waals surface area contributed by atoms with Crippen LogP contribution in [0.3, 0.4) is 0 Å². The third-order valence-corrected chi connectivity index (χ3v) is 24.9. The zero-order valence-corrected chi connectivity index (χ0v) is 75.9. The summed E-state index contributed by atoms with van der Waals surface area (Å²) < 4.78 is 0. The fraction of sp³-hybridized carbons (Fsp3) is 1.00. The van der Waals surface area contributed by atoms with Crippen molar-refractivity contribution in [2.24, 2.45) is 0 Å². The topological polar surface area (TPSA) is 60.4 Å². The summed E-state index contributed by atoms with van der Waals surface area (Å²) in [6.45, 7) is 94.1. The van der Waals surface area contributed by atoms with E-state index in [1.807, 2.05) is 0 Å². The Morgan fingerprint density at radius 3 is 0.393 bits per heavy atom. The van der Waals surface area contributed by atoms with Gasteiger partial charge in [-0.15, -0.1) is 0 Å². The largest absolute Gasteiger partial charge is 0.315 e. The quantitative estimate of drug-likeness (QED) is 0.158. The first kappa shape index (κ1) is 104. The first-order valence-corrected chi connectivity index (χ1v) is 48.0. The molecule has 0 aromatic carbocycles. The van der Waals surface area contributed by atoms with Crippen molar-refractivity contribution in [3.05, 3.63) is 0 Å². The average Bonchev–Trinajstić information content (AvgIpc) is 1.81. The fourth-order valence-corrected chi connectivity index (χ4v) is 15.9. The number of rotatable bonds is 15. The molecule has 0 bridgehead atoms. The molecule has 107 heavy (non-hydrogen) atoms. The van der Waals surface area contributed by atoms with E-state index in [1.54, 1.807) is 0 Å². The molecule has 0 atom stereocenters. The van der Waals surface area contributed by atoms with E-state index in [-0.39, 0.29) is 0 Å². The molecule has 0 aromatic heterocycles. The minimum Gasteiger partial charge on any atom is -0.315 e. The maximum atomic E-state index is 3.37. The molecule has 0 aromatic rings. The van der Waals surface area contributed by atoms with Crippen molar-refractivity contribution in [3.63, 3.8) is 0 Å². The summed E-state index contributed by atoms with van der Waals surface area (Å²) in [6.07, 6.45) is 41.4. The molecule has 0 unspecified atom stereocenters. The van der Waals surface area contributed by atoms with Gasteiger partial charge in [0, 0.05) is 65.4 Å². The maximum absolute atomic E-state index is 3.37. The third kappa shape index (κ3) is 62.4. The number of nitrogens with zero attached hydrogens (tertiary/aromatic N) is 15. The Labute approximate surface area is 673 Å². The second kappa shape index (κ2) is 77.9. The van der Waals surface area contributed by atoms with Crippen LogP contribution in [-0.2, 0) is 0 Å². The Morgan fingerprint density at radius 1 is 0.112 bits per heavy atom. The molecule has 0 saturated carbocycles. The summed E-state index contributed by atoms with van der Waals surface area (Å²) in [4.78, 5) is 37.6. The maximum Gasteiger partial charge on any atom is 0.0110 e. The van der Waals surface area contributed by atoms with E-state index in [4.69, 9.17) is 0 Å². The van der Waals surface area contributed by atoms with Gasteiger partial charge in [-0.1, -0.05) is 168 Å². The highest BCUT2D eigenvalue weighted by atomic mass is 15.3. The average molecular weight is 1520 g/mol. The van der Waals surface area contributed by atoms with Crippen molar-refractivity contribution in [3.8, 4) is 0 Å². The molecule has 1 N–H and O–H groups in total. The van der Waals surface area contributed by atoms with Crippen molar-refractivity contribution in [2.75, 3.05) is 308 Å². The summed E-state index contributed by atoms with van der Waals surface area (Å²) in [7, 11) is 0. The highest BCUT2D eigenvalue weighted by Gasteiger charge is 2.17. The second-order valence-electron chi connectivity index (χ2n) is 32.5. The van der Waals surface area contributed by atoms with Gasteiger partial charge < -0.3 is 78.8 Å². The molecular weight excluding hydrogens is 1320 g/mol. The van der Waals surface area contributed by atoms with Crippen LogP contribution in [-0.4, -0.2) is 381 Å². The van der Waals surface area contributed by atoms with Gasteiger partial charge in [-0.3, -0.25) is 0 Å². The van der Waals surface area contributed by atoms with Crippen molar-refractivity contribution in [1.82, 2.24) is 78.8 Å². The predicted octanol–water partition coefficient (Wildman–Crippen LogP) is 15.7. The van der Waals surface area contributed by atoms with E-state index in [9.17, 15) is 0 Å². The molecule has 0 amide bonds. The van der Waals surface area contributed by atoms with Crippen LogP contribution in [0.25, 0.3) is 0 Å². The van der Waals surface area contributed by atoms with Crippen molar-refractivity contribution in [1.29, 1.82) is 0 Å². The molecule has 13 heterocycles. The SMILES string of the molecule is CCN1CC1.CCN1CCC1.CCN1CCCC1.CCN1CCCCC1.CCN1CCCCC1.CCN1CCCCC1.CCN1CCCCC1.CCN1CCCCCC1.CCN1CCCCCC1.CCN1CCCCCC1.CCN1CCCN(CC)CC1.CCN1CCCNCC1.CCN1CCN(CC)CC1. The van der Waals surface area contributed by atoms with Crippen LogP contribution < -0.4 is 5.32 Å². The molecule has 16 heteroatoms. The van der Waals surface area contributed by atoms with Gasteiger partial charge in [-0.05, 0) is 364 Å². The summed E-state index contributed by atoms with van der Waals surface area (Å²) in [5, 5.41) is 3.37. The van der Waals surface area contributed by atoms with Gasteiger partial charge in [0.05, 0.1) is 0 Å². The third-order valence-electron chi connectivity index (χ3n) is 24.9. The lowest BCUT2D eigenvalue weighted by molar-refractivity contribution is 0.142. The fourth-order valence-electron chi connectivity index (χ4n) is 15.9. The van der Waals surface area contributed by atoms with Crippen LogP contribution >= 0.6 is 0 Å². The summed E-state index contributed by atoms with van der Waals surface area (Å²) in [6, 6.07) is 0. The lowest BCUT2D eigenvalue weighted by Gasteiger charge is -2.33. The lowest BCUT2D eigenvalue weighted by atomic mass is 10.1. The molecule has 16 nitrogen and oxygen atoms in total. The van der Waals surface area contributed by atoms with E-state index >= 15 is 0 Å². The highest BCUT2D eigenvalue weighted by Crippen LogP contribution is 2.14.